The molecular formula is C27H34FN5O. The van der Waals surface area contributed by atoms with Crippen molar-refractivity contribution in [2.75, 3.05) is 39.8 Å². The van der Waals surface area contributed by atoms with Crippen LogP contribution in [-0.2, 0) is 0 Å². The van der Waals surface area contributed by atoms with Crippen LogP contribution in [0.5, 0.6) is 0 Å². The van der Waals surface area contributed by atoms with Gasteiger partial charge in [-0.1, -0.05) is 44.2 Å². The molecule has 1 fully saturated rings. The molecule has 180 valence electrons. The van der Waals surface area contributed by atoms with Gasteiger partial charge >= 0.3 is 0 Å². The molecule has 1 aliphatic heterocycles. The lowest BCUT2D eigenvalue weighted by molar-refractivity contribution is 0.0865. The van der Waals surface area contributed by atoms with E-state index in [1.54, 1.807) is 23.0 Å². The Morgan fingerprint density at radius 3 is 2.56 bits per heavy atom. The van der Waals surface area contributed by atoms with E-state index in [0.29, 0.717) is 18.2 Å². The summed E-state index contributed by atoms with van der Waals surface area (Å²) in [7, 11) is 2.17. The van der Waals surface area contributed by atoms with Gasteiger partial charge in [0, 0.05) is 38.8 Å². The Balaban J connectivity index is 1.37. The number of likely N-dealkylation sites (N-methyl/N-ethyl adjacent to an activating group) is 1. The minimum Gasteiger partial charge on any atom is -0.352 e. The maximum atomic E-state index is 13.3. The summed E-state index contributed by atoms with van der Waals surface area (Å²) in [4.78, 5) is 17.9. The second kappa shape index (κ2) is 10.9. The molecule has 0 saturated carbocycles. The predicted octanol–water partition coefficient (Wildman–Crippen LogP) is 4.24. The van der Waals surface area contributed by atoms with Crippen molar-refractivity contribution < 1.29 is 9.18 Å². The van der Waals surface area contributed by atoms with Gasteiger partial charge in [-0.3, -0.25) is 9.69 Å². The molecule has 2 heterocycles. The molecule has 1 amide bonds. The average Bonchev–Trinajstić information content (AvgIpc) is 3.29. The monoisotopic (exact) mass is 463 g/mol. The van der Waals surface area contributed by atoms with E-state index >= 15 is 0 Å². The first-order valence-corrected chi connectivity index (χ1v) is 12.0. The van der Waals surface area contributed by atoms with Crippen LogP contribution in [0.1, 0.15) is 53.8 Å². The number of benzene rings is 2. The molecule has 7 heteroatoms. The maximum Gasteiger partial charge on any atom is 0.254 e. The van der Waals surface area contributed by atoms with E-state index in [2.05, 4.69) is 57.6 Å². The van der Waals surface area contributed by atoms with Gasteiger partial charge in [-0.15, -0.1) is 0 Å². The number of hydrogen-bond donors (Lipinski definition) is 1. The van der Waals surface area contributed by atoms with Crippen molar-refractivity contribution in [2.24, 2.45) is 0 Å². The normalized spacial score (nSPS) is 17.3. The fraction of sp³-hybridized carbons (Fsp3) is 0.407. The number of halogens is 1. The zero-order valence-electron chi connectivity index (χ0n) is 20.2. The van der Waals surface area contributed by atoms with Crippen LogP contribution in [0.2, 0.25) is 0 Å². The van der Waals surface area contributed by atoms with Gasteiger partial charge in [0.2, 0.25) is 0 Å². The van der Waals surface area contributed by atoms with Crippen LogP contribution in [0.15, 0.2) is 60.8 Å². The van der Waals surface area contributed by atoms with E-state index in [4.69, 9.17) is 0 Å². The Bertz CT molecular complexity index is 1080. The molecule has 1 aliphatic rings. The maximum absolute atomic E-state index is 13.3. The fourth-order valence-electron chi connectivity index (χ4n) is 4.67. The third-order valence-corrected chi connectivity index (χ3v) is 6.46. The zero-order chi connectivity index (χ0) is 24.1. The molecule has 2 aromatic carbocycles. The summed E-state index contributed by atoms with van der Waals surface area (Å²) in [5.41, 5.74) is 3.48. The molecule has 3 aromatic rings. The van der Waals surface area contributed by atoms with E-state index in [0.717, 1.165) is 44.0 Å². The minimum absolute atomic E-state index is 0.0882. The molecule has 1 aromatic heterocycles. The highest BCUT2D eigenvalue weighted by Crippen LogP contribution is 2.25. The average molecular weight is 464 g/mol. The number of nitrogens with one attached hydrogen (secondary N) is 1. The quantitative estimate of drug-likeness (QED) is 0.508. The molecule has 0 spiro atoms. The van der Waals surface area contributed by atoms with E-state index in [1.165, 1.54) is 17.7 Å². The molecule has 0 aliphatic carbocycles. The van der Waals surface area contributed by atoms with Crippen LogP contribution in [0.25, 0.3) is 5.69 Å². The largest absolute Gasteiger partial charge is 0.352 e. The zero-order valence-corrected chi connectivity index (χ0v) is 20.2. The highest BCUT2D eigenvalue weighted by atomic mass is 19.1. The first-order chi connectivity index (χ1) is 16.4. The molecule has 1 unspecified atom stereocenters. The summed E-state index contributed by atoms with van der Waals surface area (Å²) >= 11 is 0. The Kier molecular flexibility index (Phi) is 7.75. The Morgan fingerprint density at radius 2 is 1.85 bits per heavy atom. The van der Waals surface area contributed by atoms with E-state index in [9.17, 15) is 9.18 Å². The van der Waals surface area contributed by atoms with Crippen LogP contribution in [0.3, 0.4) is 0 Å². The minimum atomic E-state index is -0.296. The van der Waals surface area contributed by atoms with Gasteiger partial charge in [-0.25, -0.2) is 9.07 Å². The van der Waals surface area contributed by atoms with Gasteiger partial charge in [0.05, 0.1) is 23.1 Å². The standard InChI is InChI=1S/C27H34FN5O/c1-20(2)26-24(18-30-33(26)23-12-10-22(28)11-13-23)27(34)29-14-7-15-32-17-16-31(3)19-25(32)21-8-5-4-6-9-21/h4-6,8-13,18,20,25H,7,14-17,19H2,1-3H3,(H,29,34). The highest BCUT2D eigenvalue weighted by Gasteiger charge is 2.26. The SMILES string of the molecule is CC(C)c1c(C(=O)NCCCN2CCN(C)CC2c2ccccc2)cnn1-c1ccc(F)cc1. The summed E-state index contributed by atoms with van der Waals surface area (Å²) in [6.07, 6.45) is 2.49. The lowest BCUT2D eigenvalue weighted by atomic mass is 10.0. The number of carbonyl (C=O) groups is 1. The van der Waals surface area contributed by atoms with Crippen molar-refractivity contribution >= 4 is 5.91 Å². The highest BCUT2D eigenvalue weighted by molar-refractivity contribution is 5.95. The second-order valence-electron chi connectivity index (χ2n) is 9.32. The number of piperazine rings is 1. The van der Waals surface area contributed by atoms with Crippen LogP contribution in [0, 0.1) is 5.82 Å². The summed E-state index contributed by atoms with van der Waals surface area (Å²) < 4.78 is 15.1. The molecule has 0 bridgehead atoms. The summed E-state index contributed by atoms with van der Waals surface area (Å²) in [5.74, 6) is -0.324. The third-order valence-electron chi connectivity index (χ3n) is 6.46. The van der Waals surface area contributed by atoms with Crippen LogP contribution < -0.4 is 5.32 Å². The van der Waals surface area contributed by atoms with Gasteiger partial charge < -0.3 is 10.2 Å². The topological polar surface area (TPSA) is 53.4 Å². The van der Waals surface area contributed by atoms with E-state index in [1.807, 2.05) is 13.8 Å². The van der Waals surface area contributed by atoms with E-state index in [-0.39, 0.29) is 17.6 Å². The molecule has 6 nitrogen and oxygen atoms in total. The van der Waals surface area contributed by atoms with Crippen LogP contribution in [0.4, 0.5) is 4.39 Å². The number of hydrogen-bond acceptors (Lipinski definition) is 4. The third kappa shape index (κ3) is 5.54. The van der Waals surface area contributed by atoms with Crippen LogP contribution in [-0.4, -0.2) is 65.3 Å². The molecule has 0 radical (unpaired) electrons. The molecular weight excluding hydrogens is 429 g/mol. The Hall–Kier alpha value is -3.03. The van der Waals surface area contributed by atoms with Crippen molar-refractivity contribution in [1.82, 2.24) is 24.9 Å². The summed E-state index contributed by atoms with van der Waals surface area (Å²) in [6, 6.07) is 17.2. The number of nitrogens with zero attached hydrogens (tertiary/aromatic N) is 4. The fourth-order valence-corrected chi connectivity index (χ4v) is 4.67. The van der Waals surface area contributed by atoms with Gasteiger partial charge in [0.1, 0.15) is 5.82 Å². The number of carbonyl (C=O) groups excluding carboxylic acids is 1. The Morgan fingerprint density at radius 1 is 1.12 bits per heavy atom. The number of rotatable bonds is 8. The predicted molar refractivity (Wildman–Crippen MR) is 133 cm³/mol. The summed E-state index contributed by atoms with van der Waals surface area (Å²) in [6.45, 7) is 8.68. The Labute approximate surface area is 201 Å². The molecule has 1 saturated heterocycles. The van der Waals surface area contributed by atoms with E-state index < -0.39 is 0 Å². The lowest BCUT2D eigenvalue weighted by Gasteiger charge is -2.40. The van der Waals surface area contributed by atoms with Crippen molar-refractivity contribution in [1.29, 1.82) is 0 Å². The van der Waals surface area contributed by atoms with Gasteiger partial charge in [0.25, 0.3) is 5.91 Å². The number of amides is 1. The van der Waals surface area contributed by atoms with Crippen molar-refractivity contribution in [3.05, 3.63) is 83.4 Å². The second-order valence-corrected chi connectivity index (χ2v) is 9.32. The van der Waals surface area contributed by atoms with Crippen LogP contribution >= 0.6 is 0 Å². The van der Waals surface area contributed by atoms with Gasteiger partial charge in [-0.05, 0) is 49.2 Å². The van der Waals surface area contributed by atoms with Gasteiger partial charge in [0.15, 0.2) is 0 Å². The van der Waals surface area contributed by atoms with Crippen molar-refractivity contribution in [2.45, 2.75) is 32.2 Å². The number of aromatic nitrogens is 2. The molecule has 4 rings (SSSR count). The first-order valence-electron chi connectivity index (χ1n) is 12.0. The first kappa shape index (κ1) is 24.1. The van der Waals surface area contributed by atoms with Crippen molar-refractivity contribution in [3.8, 4) is 5.69 Å². The summed E-state index contributed by atoms with van der Waals surface area (Å²) in [5, 5.41) is 7.51. The molecule has 1 N–H and O–H groups in total. The lowest BCUT2D eigenvalue weighted by Crippen LogP contribution is -2.47. The molecule has 34 heavy (non-hydrogen) atoms. The van der Waals surface area contributed by atoms with Gasteiger partial charge in [-0.2, -0.15) is 5.10 Å². The smallest absolute Gasteiger partial charge is 0.254 e. The van der Waals surface area contributed by atoms with Crippen molar-refractivity contribution in [3.63, 3.8) is 0 Å². The molecule has 1 atom stereocenters.